The number of carbonyl (C=O) groups is 8. The Morgan fingerprint density at radius 2 is 0.701 bits per heavy atom. The second kappa shape index (κ2) is 65.6. The number of benzene rings is 3. The third-order valence-electron chi connectivity index (χ3n) is 26.8. The van der Waals surface area contributed by atoms with Gasteiger partial charge >= 0.3 is 17.9 Å². The predicted octanol–water partition coefficient (Wildman–Crippen LogP) is 11.1. The van der Waals surface area contributed by atoms with E-state index in [1.54, 1.807) is 19.1 Å². The molecule has 3 aromatic carbocycles. The van der Waals surface area contributed by atoms with Gasteiger partial charge in [-0.05, 0) is 95.7 Å². The summed E-state index contributed by atoms with van der Waals surface area (Å²) in [4.78, 5) is 105. The number of methoxy groups -OCH3 is 2. The normalized spacial score (nSPS) is 23.8. The fourth-order valence-electron chi connectivity index (χ4n) is 17.5. The predicted molar refractivity (Wildman–Crippen MR) is 509 cm³/mol. The van der Waals surface area contributed by atoms with Crippen molar-refractivity contribution in [3.63, 3.8) is 0 Å². The molecule has 4 heterocycles. The summed E-state index contributed by atoms with van der Waals surface area (Å²) in [6, 6.07) is 25.2. The Bertz CT molecular complexity index is 3610. The van der Waals surface area contributed by atoms with Gasteiger partial charge in [-0.2, -0.15) is 0 Å². The smallest absolute Gasteiger partial charge is 0.302 e. The molecule has 7 rings (SSSR count). The van der Waals surface area contributed by atoms with Crippen LogP contribution in [0.4, 0.5) is 0 Å². The molecule has 4 aliphatic rings. The molecule has 4 saturated heterocycles. The maximum absolute atomic E-state index is 14.4. The van der Waals surface area contributed by atoms with Gasteiger partial charge in [-0.3, -0.25) is 38.4 Å². The molecule has 34 nitrogen and oxygen atoms in total. The lowest BCUT2D eigenvalue weighted by Crippen LogP contribution is -2.48. The van der Waals surface area contributed by atoms with Crippen LogP contribution in [0.3, 0.4) is 0 Å². The van der Waals surface area contributed by atoms with Crippen molar-refractivity contribution in [3.05, 3.63) is 95.6 Å². The lowest BCUT2D eigenvalue weighted by atomic mass is 9.79. The number of unbranched alkanes of at least 4 members (excludes halogenated alkanes) is 7. The van der Waals surface area contributed by atoms with Gasteiger partial charge < -0.3 is 125 Å². The number of aliphatic hydroxyl groups is 1. The molecule has 4 amide bonds. The molecule has 0 aliphatic carbocycles. The van der Waals surface area contributed by atoms with E-state index in [0.717, 1.165) is 55.2 Å². The third kappa shape index (κ3) is 42.3. The largest absolute Gasteiger partial charge is 0.497 e. The molecule has 4 fully saturated rings. The first kappa shape index (κ1) is 117. The number of carbonyl (C=O) groups excluding carboxylic acids is 8. The quantitative estimate of drug-likeness (QED) is 0.0176. The van der Waals surface area contributed by atoms with Crippen LogP contribution in [-0.4, -0.2) is 312 Å². The highest BCUT2D eigenvalue weighted by Crippen LogP contribution is 2.44. The number of esters is 3. The SMILES string of the molecule is COc1ccc(C(OC[C@@H]2C[C@@H](O)CN2C(=O)CCCCCCCCCCC(=O)CC(COCCC(=O)NCCOCCOCCOC2OC(COC(C)=O)C(C)C(C)C2C)(COCCC(=O)NCCOCCOCCOC2OC(COC(C)=O)C(C)C(C)C2C)COCCC(=O)NCCOCCOCCOC2OC(COC(C)=O)C(C)C(C)C2C)(c2ccccc2)c2ccc(OC)cc2)cc1. The summed E-state index contributed by atoms with van der Waals surface area (Å²) in [5.74, 6) is 1.13. The van der Waals surface area contributed by atoms with Crippen LogP contribution in [0.25, 0.3) is 0 Å². The topological polar surface area (TPSA) is 390 Å². The molecular weight excluding hydrogens is 1770 g/mol. The standard InChI is InChI=1S/C103H164N4O30/c1-72-75(4)92(66-131-81(10)108)135-99(78(72)7)128-59-56-122-53-50-119-47-41-104-95(113)38-44-125-69-102(70-126-45-39-96(114)105-42-48-120-51-54-123-57-60-129-100-79(8)73(2)76(5)93(136-100)67-132-82(11)109,71-127-46-40-97(115)106-43-49-121-52-55-124-58-61-130-101-80(9)74(3)77(6)94(137-101)68-133-83(12)110)63-88(111)28-24-19-17-15-16-18-20-25-29-98(116)107-64-89(112)62-87(107)65-134-103(84-26-22-21-23-27-84,85-30-34-90(117-13)35-31-85)86-32-36-91(118-14)37-33-86/h21-23,26-27,30-37,72-80,87,89,92-94,99-101,112H,15-20,24-25,28-29,38-71H2,1-14H3,(H,104,113)(H,105,114)(H,106,115)/t72?,73?,74?,75?,76?,77?,78?,79?,80?,87-,89+,92?,93?,94?,99?,100?,101?,102?/m0/s1. The number of ketones is 1. The lowest BCUT2D eigenvalue weighted by Gasteiger charge is -2.43. The number of amides is 4. The zero-order chi connectivity index (χ0) is 99.2. The number of likely N-dealkylation sites (tertiary alicyclic amines) is 1. The number of aliphatic hydroxyl groups excluding tert-OH is 1. The zero-order valence-electron chi connectivity index (χ0n) is 84.2. The highest BCUT2D eigenvalue weighted by atomic mass is 16.7. The Kier molecular flexibility index (Phi) is 55.8. The molecule has 34 heteroatoms. The van der Waals surface area contributed by atoms with Gasteiger partial charge in [0, 0.05) is 109 Å². The Morgan fingerprint density at radius 1 is 0.372 bits per heavy atom. The van der Waals surface area contributed by atoms with E-state index in [1.807, 2.05) is 78.9 Å². The summed E-state index contributed by atoms with van der Waals surface area (Å²) in [5, 5.41) is 19.7. The van der Waals surface area contributed by atoms with Gasteiger partial charge in [0.15, 0.2) is 18.9 Å². The molecule has 3 aromatic rings. The summed E-state index contributed by atoms with van der Waals surface area (Å²) >= 11 is 0. The molecule has 0 aromatic heterocycles. The second-order valence-corrected chi connectivity index (χ2v) is 37.0. The first-order valence-corrected chi connectivity index (χ1v) is 49.8. The van der Waals surface area contributed by atoms with Crippen molar-refractivity contribution in [3.8, 4) is 11.5 Å². The van der Waals surface area contributed by atoms with E-state index in [2.05, 4.69) is 78.3 Å². The first-order valence-electron chi connectivity index (χ1n) is 49.8. The molecule has 15 unspecified atom stereocenters. The molecule has 0 radical (unpaired) electrons. The summed E-state index contributed by atoms with van der Waals surface area (Å²) in [7, 11) is 3.26. The van der Waals surface area contributed by atoms with Crippen LogP contribution >= 0.6 is 0 Å². The number of β-amino-alcohol motifs (C(OH)–C–C–N with tert-alkyl or cyclic N) is 1. The van der Waals surface area contributed by atoms with E-state index in [-0.39, 0.29) is 289 Å². The van der Waals surface area contributed by atoms with E-state index in [4.69, 9.17) is 99.5 Å². The Balaban J connectivity index is 0.888. The summed E-state index contributed by atoms with van der Waals surface area (Å²) in [5.41, 5.74) is 0.436. The number of rotatable bonds is 72. The van der Waals surface area contributed by atoms with Gasteiger partial charge in [0.2, 0.25) is 23.6 Å². The van der Waals surface area contributed by atoms with Crippen LogP contribution in [-0.2, 0) is 134 Å². The number of nitrogens with one attached hydrogen (secondary N) is 3. The van der Waals surface area contributed by atoms with Crippen molar-refractivity contribution >= 4 is 47.3 Å². The summed E-state index contributed by atoms with van der Waals surface area (Å²) < 4.78 is 124. The number of hydrogen-bond acceptors (Lipinski definition) is 30. The monoisotopic (exact) mass is 1940 g/mol. The summed E-state index contributed by atoms with van der Waals surface area (Å²) in [6.45, 7) is 28.6. The maximum atomic E-state index is 14.4. The van der Waals surface area contributed by atoms with Gasteiger partial charge in [-0.1, -0.05) is 155 Å². The number of Topliss-reactive ketones (excluding diaryl/α,β-unsaturated/α-hetero) is 1. The van der Waals surface area contributed by atoms with Gasteiger partial charge in [0.05, 0.1) is 190 Å². The minimum absolute atomic E-state index is 0.0128. The van der Waals surface area contributed by atoms with E-state index in [9.17, 15) is 43.5 Å². The Labute approximate surface area is 812 Å². The highest BCUT2D eigenvalue weighted by Gasteiger charge is 2.46. The van der Waals surface area contributed by atoms with Crippen LogP contribution < -0.4 is 25.4 Å². The van der Waals surface area contributed by atoms with Gasteiger partial charge in [0.1, 0.15) is 42.7 Å². The van der Waals surface area contributed by atoms with E-state index < -0.39 is 36.0 Å². The van der Waals surface area contributed by atoms with E-state index in [0.29, 0.717) is 96.6 Å². The van der Waals surface area contributed by atoms with Crippen molar-refractivity contribution in [1.29, 1.82) is 0 Å². The van der Waals surface area contributed by atoms with Crippen molar-refractivity contribution in [1.82, 2.24) is 20.9 Å². The average Bonchev–Trinajstić information content (AvgIpc) is 1.36. The van der Waals surface area contributed by atoms with Crippen LogP contribution in [0, 0.1) is 58.7 Å². The Hall–Kier alpha value is -7.46. The molecule has 0 saturated carbocycles. The molecule has 0 spiro atoms. The average molecular weight is 1940 g/mol. The van der Waals surface area contributed by atoms with Crippen LogP contribution in [0.5, 0.6) is 11.5 Å². The van der Waals surface area contributed by atoms with Crippen LogP contribution in [0.15, 0.2) is 78.9 Å². The molecule has 17 atom stereocenters. The van der Waals surface area contributed by atoms with Crippen molar-refractivity contribution in [2.45, 2.75) is 234 Å². The van der Waals surface area contributed by atoms with E-state index >= 15 is 0 Å². The molecule has 137 heavy (non-hydrogen) atoms. The lowest BCUT2D eigenvalue weighted by molar-refractivity contribution is -0.258. The van der Waals surface area contributed by atoms with Gasteiger partial charge in [-0.25, -0.2) is 0 Å². The van der Waals surface area contributed by atoms with Crippen LogP contribution in [0.2, 0.25) is 0 Å². The maximum Gasteiger partial charge on any atom is 0.302 e. The zero-order valence-corrected chi connectivity index (χ0v) is 84.2. The summed E-state index contributed by atoms with van der Waals surface area (Å²) in [6.07, 6.45) is 4.67. The van der Waals surface area contributed by atoms with Gasteiger partial charge in [-0.15, -0.1) is 0 Å². The van der Waals surface area contributed by atoms with Crippen LogP contribution in [0.1, 0.15) is 196 Å². The second-order valence-electron chi connectivity index (χ2n) is 37.0. The highest BCUT2D eigenvalue weighted by molar-refractivity contribution is 5.79. The van der Waals surface area contributed by atoms with Crippen molar-refractivity contribution in [2.75, 3.05) is 206 Å². The third-order valence-corrected chi connectivity index (χ3v) is 26.8. The first-order chi connectivity index (χ1) is 66.1. The molecular formula is C103H164N4O30. The van der Waals surface area contributed by atoms with E-state index in [1.165, 1.54) is 20.8 Å². The minimum Gasteiger partial charge on any atom is -0.497 e. The van der Waals surface area contributed by atoms with Crippen molar-refractivity contribution < 1.29 is 143 Å². The van der Waals surface area contributed by atoms with Crippen molar-refractivity contribution in [2.24, 2.45) is 58.7 Å². The fraction of sp³-hybridized carbons (Fsp3) is 0.748. The number of nitrogens with zero attached hydrogens (tertiary/aromatic N) is 1. The molecule has 0 bridgehead atoms. The molecule has 4 aliphatic heterocycles. The fourth-order valence-corrected chi connectivity index (χ4v) is 17.5. The molecule has 776 valence electrons. The van der Waals surface area contributed by atoms with Gasteiger partial charge in [0.25, 0.3) is 0 Å². The minimum atomic E-state index is -1.11. The Morgan fingerprint density at radius 3 is 1.05 bits per heavy atom. The number of ether oxygens (including phenoxy) is 21. The molecule has 4 N–H and O–H groups in total. The number of hydrogen-bond donors (Lipinski definition) is 4.